The van der Waals surface area contributed by atoms with Crippen molar-refractivity contribution in [3.63, 3.8) is 0 Å². The molecule has 0 saturated heterocycles. The highest BCUT2D eigenvalue weighted by molar-refractivity contribution is 7.84. The number of benzene rings is 1. The van der Waals surface area contributed by atoms with Gasteiger partial charge in [-0.15, -0.1) is 0 Å². The summed E-state index contributed by atoms with van der Waals surface area (Å²) in [7, 11) is -1.17. The normalized spacial score (nSPS) is 13.7. The summed E-state index contributed by atoms with van der Waals surface area (Å²) in [6.45, 7) is 4.11. The van der Waals surface area contributed by atoms with Crippen LogP contribution in [0.4, 0.5) is 0 Å². The molecule has 1 aromatic heterocycles. The lowest BCUT2D eigenvalue weighted by Crippen LogP contribution is -2.22. The lowest BCUT2D eigenvalue weighted by molar-refractivity contribution is -0.138. The van der Waals surface area contributed by atoms with Crippen molar-refractivity contribution in [1.29, 1.82) is 0 Å². The van der Waals surface area contributed by atoms with Crippen molar-refractivity contribution in [1.82, 2.24) is 9.55 Å². The minimum absolute atomic E-state index is 0.00175. The minimum Gasteiger partial charge on any atom is -0.494 e. The second kappa shape index (κ2) is 9.75. The van der Waals surface area contributed by atoms with Crippen LogP contribution in [-0.4, -0.2) is 54.2 Å². The standard InChI is InChI=1S/C19H23N3O5S2/c1-11(2)12-4-6-13(7-5-12)22-17(24)14(16(23)21-19(22)28)10-20-15(18(25)26)8-9-29(3)27/h4-7,10-11,15,24H,8-9H2,1-3H3,(H,25,26)(H,21,23,28)/t15-,29+/m1/s1. The fourth-order valence-corrected chi connectivity index (χ4v) is 3.45. The summed E-state index contributed by atoms with van der Waals surface area (Å²) in [5.41, 5.74) is 0.743. The number of aromatic amines is 1. The summed E-state index contributed by atoms with van der Waals surface area (Å²) in [6.07, 6.45) is 2.53. The van der Waals surface area contributed by atoms with E-state index in [2.05, 4.69) is 23.8 Å². The summed E-state index contributed by atoms with van der Waals surface area (Å²) >= 11 is 5.18. The number of hydrogen-bond donors (Lipinski definition) is 3. The van der Waals surface area contributed by atoms with E-state index in [1.54, 1.807) is 12.1 Å². The van der Waals surface area contributed by atoms with Gasteiger partial charge in [-0.25, -0.2) is 4.79 Å². The van der Waals surface area contributed by atoms with Crippen molar-refractivity contribution in [2.75, 3.05) is 12.0 Å². The van der Waals surface area contributed by atoms with Gasteiger partial charge >= 0.3 is 5.97 Å². The molecule has 0 amide bonds. The molecule has 0 unspecified atom stereocenters. The van der Waals surface area contributed by atoms with E-state index in [9.17, 15) is 24.0 Å². The van der Waals surface area contributed by atoms with Gasteiger partial charge in [0.2, 0.25) is 5.88 Å². The summed E-state index contributed by atoms with van der Waals surface area (Å²) in [5.74, 6) is -1.17. The van der Waals surface area contributed by atoms with Crippen molar-refractivity contribution in [3.8, 4) is 11.6 Å². The topological polar surface area (TPSA) is 125 Å². The molecule has 0 radical (unpaired) electrons. The van der Waals surface area contributed by atoms with Crippen molar-refractivity contribution in [2.45, 2.75) is 32.2 Å². The molecule has 156 valence electrons. The predicted octanol–water partition coefficient (Wildman–Crippen LogP) is 2.36. The third-order valence-corrected chi connectivity index (χ3v) is 5.38. The molecule has 0 aliphatic carbocycles. The van der Waals surface area contributed by atoms with Gasteiger partial charge in [-0.1, -0.05) is 26.0 Å². The SMILES string of the molecule is CC(C)c1ccc(-n2c(O)c(C=N[C@H](CC[S@](C)=O)C(=O)O)c(=O)[nH]c2=S)cc1. The Morgan fingerprint density at radius 2 is 1.97 bits per heavy atom. The number of H-pyrrole nitrogens is 1. The van der Waals surface area contributed by atoms with Crippen LogP contribution in [0.2, 0.25) is 0 Å². The number of hydrogen-bond acceptors (Lipinski definition) is 6. The first-order valence-electron chi connectivity index (χ1n) is 8.86. The van der Waals surface area contributed by atoms with Gasteiger partial charge in [-0.3, -0.25) is 23.5 Å². The molecule has 0 spiro atoms. The Hall–Kier alpha value is -2.59. The van der Waals surface area contributed by atoms with E-state index in [4.69, 9.17) is 12.2 Å². The molecule has 2 aromatic rings. The van der Waals surface area contributed by atoms with Crippen LogP contribution >= 0.6 is 12.2 Å². The molecule has 2 atom stereocenters. The molecule has 0 bridgehead atoms. The summed E-state index contributed by atoms with van der Waals surface area (Å²) in [6, 6.07) is 6.14. The first-order chi connectivity index (χ1) is 13.6. The Morgan fingerprint density at radius 1 is 1.34 bits per heavy atom. The van der Waals surface area contributed by atoms with E-state index in [1.165, 1.54) is 10.8 Å². The lowest BCUT2D eigenvalue weighted by atomic mass is 10.0. The van der Waals surface area contributed by atoms with Crippen LogP contribution in [-0.2, 0) is 15.6 Å². The first kappa shape index (κ1) is 22.7. The molecule has 0 saturated carbocycles. The average Bonchev–Trinajstić information content (AvgIpc) is 2.63. The van der Waals surface area contributed by atoms with E-state index in [-0.39, 0.29) is 22.5 Å². The summed E-state index contributed by atoms with van der Waals surface area (Å²) in [5, 5.41) is 19.9. The summed E-state index contributed by atoms with van der Waals surface area (Å²) < 4.78 is 12.5. The number of aliphatic carboxylic acids is 1. The van der Waals surface area contributed by atoms with Gasteiger partial charge in [-0.2, -0.15) is 0 Å². The minimum atomic E-state index is -1.21. The number of carboxylic acid groups (broad SMARTS) is 1. The molecular formula is C19H23N3O5S2. The zero-order valence-electron chi connectivity index (χ0n) is 16.3. The molecule has 0 aliphatic heterocycles. The van der Waals surface area contributed by atoms with Crippen molar-refractivity contribution < 1.29 is 19.2 Å². The quantitative estimate of drug-likeness (QED) is 0.430. The largest absolute Gasteiger partial charge is 0.494 e. The maximum atomic E-state index is 12.3. The smallest absolute Gasteiger partial charge is 0.328 e. The van der Waals surface area contributed by atoms with Crippen molar-refractivity contribution in [2.24, 2.45) is 4.99 Å². The van der Waals surface area contributed by atoms with Crippen LogP contribution in [0, 0.1) is 4.77 Å². The molecule has 1 heterocycles. The van der Waals surface area contributed by atoms with Gasteiger partial charge in [0.25, 0.3) is 5.56 Å². The number of carbonyl (C=O) groups is 1. The van der Waals surface area contributed by atoms with Gasteiger partial charge in [-0.05, 0) is 42.3 Å². The predicted molar refractivity (Wildman–Crippen MR) is 116 cm³/mol. The second-order valence-electron chi connectivity index (χ2n) is 6.78. The van der Waals surface area contributed by atoms with E-state index in [1.807, 2.05) is 12.1 Å². The number of nitrogens with zero attached hydrogens (tertiary/aromatic N) is 2. The first-order valence-corrected chi connectivity index (χ1v) is 11.0. The monoisotopic (exact) mass is 437 g/mol. The highest BCUT2D eigenvalue weighted by atomic mass is 32.2. The number of rotatable bonds is 8. The molecule has 8 nitrogen and oxygen atoms in total. The Balaban J connectivity index is 2.47. The van der Waals surface area contributed by atoms with Crippen LogP contribution in [0.15, 0.2) is 34.1 Å². The maximum absolute atomic E-state index is 12.3. The van der Waals surface area contributed by atoms with E-state index in [0.717, 1.165) is 11.8 Å². The number of aliphatic imine (C=N–C) groups is 1. The number of aromatic hydroxyl groups is 1. The third-order valence-electron chi connectivity index (χ3n) is 4.29. The fourth-order valence-electron chi connectivity index (χ4n) is 2.61. The third kappa shape index (κ3) is 5.70. The Bertz CT molecular complexity index is 1050. The van der Waals surface area contributed by atoms with Gasteiger partial charge < -0.3 is 10.2 Å². The highest BCUT2D eigenvalue weighted by Crippen LogP contribution is 2.21. The van der Waals surface area contributed by atoms with Crippen molar-refractivity contribution in [3.05, 3.63) is 50.5 Å². The Kier molecular flexibility index (Phi) is 7.63. The molecule has 0 aliphatic rings. The van der Waals surface area contributed by atoms with Crippen LogP contribution in [0.3, 0.4) is 0 Å². The van der Waals surface area contributed by atoms with Crippen molar-refractivity contribution >= 4 is 35.2 Å². The average molecular weight is 438 g/mol. The van der Waals surface area contributed by atoms with Crippen LogP contribution in [0.25, 0.3) is 5.69 Å². The Labute approximate surface area is 175 Å². The number of nitrogens with one attached hydrogen (secondary N) is 1. The fraction of sp³-hybridized carbons (Fsp3) is 0.368. The van der Waals surface area contributed by atoms with Crippen LogP contribution in [0.5, 0.6) is 5.88 Å². The Morgan fingerprint density at radius 3 is 2.48 bits per heavy atom. The van der Waals surface area contributed by atoms with Gasteiger partial charge in [0.1, 0.15) is 11.6 Å². The molecule has 0 fully saturated rings. The van der Waals surface area contributed by atoms with Crippen LogP contribution < -0.4 is 5.56 Å². The number of carboxylic acids is 1. The molecule has 2 rings (SSSR count). The van der Waals surface area contributed by atoms with E-state index < -0.39 is 34.2 Å². The van der Waals surface area contributed by atoms with Gasteiger partial charge in [0.15, 0.2) is 4.77 Å². The van der Waals surface area contributed by atoms with E-state index in [0.29, 0.717) is 11.6 Å². The number of aromatic nitrogens is 2. The molecular weight excluding hydrogens is 414 g/mol. The molecule has 1 aromatic carbocycles. The highest BCUT2D eigenvalue weighted by Gasteiger charge is 2.18. The zero-order valence-corrected chi connectivity index (χ0v) is 17.9. The van der Waals surface area contributed by atoms with E-state index >= 15 is 0 Å². The zero-order chi connectivity index (χ0) is 21.7. The van der Waals surface area contributed by atoms with Gasteiger partial charge in [0, 0.05) is 29.0 Å². The molecule has 29 heavy (non-hydrogen) atoms. The molecule has 3 N–H and O–H groups in total. The van der Waals surface area contributed by atoms with Crippen LogP contribution in [0.1, 0.15) is 37.3 Å². The summed E-state index contributed by atoms with van der Waals surface area (Å²) in [4.78, 5) is 30.0. The van der Waals surface area contributed by atoms with Gasteiger partial charge in [0.05, 0.1) is 5.69 Å². The second-order valence-corrected chi connectivity index (χ2v) is 8.72. The lowest BCUT2D eigenvalue weighted by Gasteiger charge is -2.13. The molecule has 10 heteroatoms. The maximum Gasteiger partial charge on any atom is 0.328 e.